The first-order chi connectivity index (χ1) is 5.75. The second-order valence-corrected chi connectivity index (χ2v) is 3.10. The van der Waals surface area contributed by atoms with Crippen molar-refractivity contribution in [3.63, 3.8) is 0 Å². The Morgan fingerprint density at radius 3 is 2.75 bits per heavy atom. The summed E-state index contributed by atoms with van der Waals surface area (Å²) in [6, 6.07) is 0.955. The number of nitrogens with zero attached hydrogens (tertiary/aromatic N) is 2. The fraction of sp³-hybridized carbons (Fsp3) is 0.667. The van der Waals surface area contributed by atoms with Crippen molar-refractivity contribution in [1.29, 1.82) is 0 Å². The predicted octanol–water partition coefficient (Wildman–Crippen LogP) is 1.44. The zero-order valence-electron chi connectivity index (χ0n) is 7.99. The summed E-state index contributed by atoms with van der Waals surface area (Å²) in [5.41, 5.74) is 0. The molecular formula is C9H17N3. The standard InChI is InChI=1S/C9H17N3/c1-4-11-8(2)9(3)12-6-5-10-7-12/h5-9,11H,4H2,1-3H3. The fourth-order valence-electron chi connectivity index (χ4n) is 1.26. The topological polar surface area (TPSA) is 29.9 Å². The Morgan fingerprint density at radius 1 is 1.50 bits per heavy atom. The molecule has 0 aliphatic rings. The van der Waals surface area contributed by atoms with Gasteiger partial charge in [-0.2, -0.15) is 0 Å². The van der Waals surface area contributed by atoms with Crippen LogP contribution in [0.4, 0.5) is 0 Å². The Bertz CT molecular complexity index is 206. The number of rotatable bonds is 4. The van der Waals surface area contributed by atoms with E-state index in [-0.39, 0.29) is 0 Å². The van der Waals surface area contributed by atoms with Gasteiger partial charge in [0.25, 0.3) is 0 Å². The van der Waals surface area contributed by atoms with Gasteiger partial charge in [-0.05, 0) is 20.4 Å². The zero-order valence-corrected chi connectivity index (χ0v) is 7.99. The van der Waals surface area contributed by atoms with Crippen LogP contribution in [-0.4, -0.2) is 22.1 Å². The first kappa shape index (κ1) is 9.26. The molecule has 3 nitrogen and oxygen atoms in total. The molecule has 2 atom stereocenters. The van der Waals surface area contributed by atoms with E-state index in [1.54, 1.807) is 0 Å². The highest BCUT2D eigenvalue weighted by atomic mass is 15.1. The third-order valence-corrected chi connectivity index (χ3v) is 2.24. The number of imidazole rings is 1. The summed E-state index contributed by atoms with van der Waals surface area (Å²) in [7, 11) is 0. The van der Waals surface area contributed by atoms with Crippen LogP contribution in [0.3, 0.4) is 0 Å². The quantitative estimate of drug-likeness (QED) is 0.735. The van der Waals surface area contributed by atoms with Crippen LogP contribution in [0.2, 0.25) is 0 Å². The Morgan fingerprint density at radius 2 is 2.25 bits per heavy atom. The number of hydrogen-bond donors (Lipinski definition) is 1. The van der Waals surface area contributed by atoms with Gasteiger partial charge in [-0.3, -0.25) is 0 Å². The molecule has 0 radical (unpaired) electrons. The molecule has 0 spiro atoms. The highest BCUT2D eigenvalue weighted by molar-refractivity contribution is 4.82. The molecule has 0 amide bonds. The predicted molar refractivity (Wildman–Crippen MR) is 50.1 cm³/mol. The van der Waals surface area contributed by atoms with Crippen LogP contribution in [0.15, 0.2) is 18.7 Å². The summed E-state index contributed by atoms with van der Waals surface area (Å²) in [4.78, 5) is 4.02. The molecule has 0 saturated heterocycles. The van der Waals surface area contributed by atoms with Gasteiger partial charge in [0, 0.05) is 24.5 Å². The van der Waals surface area contributed by atoms with Crippen LogP contribution in [0.1, 0.15) is 26.8 Å². The van der Waals surface area contributed by atoms with Crippen LogP contribution in [-0.2, 0) is 0 Å². The fourth-order valence-corrected chi connectivity index (χ4v) is 1.26. The maximum atomic E-state index is 4.02. The number of aromatic nitrogens is 2. The molecule has 0 bridgehead atoms. The molecule has 1 aromatic heterocycles. The monoisotopic (exact) mass is 167 g/mol. The third-order valence-electron chi connectivity index (χ3n) is 2.24. The van der Waals surface area contributed by atoms with Crippen molar-refractivity contribution in [2.45, 2.75) is 32.9 Å². The van der Waals surface area contributed by atoms with Crippen molar-refractivity contribution in [1.82, 2.24) is 14.9 Å². The first-order valence-electron chi connectivity index (χ1n) is 4.46. The first-order valence-corrected chi connectivity index (χ1v) is 4.46. The van der Waals surface area contributed by atoms with Crippen molar-refractivity contribution in [2.75, 3.05) is 6.54 Å². The molecule has 68 valence electrons. The molecule has 0 saturated carbocycles. The maximum Gasteiger partial charge on any atom is 0.0948 e. The maximum absolute atomic E-state index is 4.02. The van der Waals surface area contributed by atoms with Crippen molar-refractivity contribution in [2.24, 2.45) is 0 Å². The van der Waals surface area contributed by atoms with Crippen molar-refractivity contribution < 1.29 is 0 Å². The van der Waals surface area contributed by atoms with E-state index in [1.807, 2.05) is 18.7 Å². The Kier molecular flexibility index (Phi) is 3.29. The van der Waals surface area contributed by atoms with Gasteiger partial charge < -0.3 is 9.88 Å². The van der Waals surface area contributed by atoms with E-state index in [4.69, 9.17) is 0 Å². The highest BCUT2D eigenvalue weighted by Crippen LogP contribution is 2.08. The van der Waals surface area contributed by atoms with Gasteiger partial charge in [0.1, 0.15) is 0 Å². The summed E-state index contributed by atoms with van der Waals surface area (Å²) in [6.07, 6.45) is 5.67. The molecule has 12 heavy (non-hydrogen) atoms. The lowest BCUT2D eigenvalue weighted by molar-refractivity contribution is 0.399. The minimum Gasteiger partial charge on any atom is -0.333 e. The third kappa shape index (κ3) is 2.08. The lowest BCUT2D eigenvalue weighted by atomic mass is 10.1. The minimum absolute atomic E-state index is 0.465. The average molecular weight is 167 g/mol. The van der Waals surface area contributed by atoms with E-state index in [1.165, 1.54) is 0 Å². The molecule has 1 rings (SSSR count). The normalized spacial score (nSPS) is 15.9. The lowest BCUT2D eigenvalue weighted by Crippen LogP contribution is -2.33. The van der Waals surface area contributed by atoms with E-state index in [0.717, 1.165) is 6.54 Å². The minimum atomic E-state index is 0.465. The SMILES string of the molecule is CCNC(C)C(C)n1ccnc1. The summed E-state index contributed by atoms with van der Waals surface area (Å²) >= 11 is 0. The second kappa shape index (κ2) is 4.26. The van der Waals surface area contributed by atoms with E-state index in [0.29, 0.717) is 12.1 Å². The van der Waals surface area contributed by atoms with Gasteiger partial charge in [0.2, 0.25) is 0 Å². The molecule has 1 N–H and O–H groups in total. The van der Waals surface area contributed by atoms with Gasteiger partial charge in [-0.1, -0.05) is 6.92 Å². The molecule has 0 aromatic carbocycles. The molecule has 1 heterocycles. The van der Waals surface area contributed by atoms with Crippen molar-refractivity contribution in [3.8, 4) is 0 Å². The van der Waals surface area contributed by atoms with Gasteiger partial charge in [0.15, 0.2) is 0 Å². The Balaban J connectivity index is 2.53. The lowest BCUT2D eigenvalue weighted by Gasteiger charge is -2.21. The van der Waals surface area contributed by atoms with Gasteiger partial charge in [-0.15, -0.1) is 0 Å². The summed E-state index contributed by atoms with van der Waals surface area (Å²) in [5, 5.41) is 3.38. The summed E-state index contributed by atoms with van der Waals surface area (Å²) in [5.74, 6) is 0. The molecule has 0 aliphatic heterocycles. The van der Waals surface area contributed by atoms with Crippen molar-refractivity contribution >= 4 is 0 Å². The Labute approximate surface area is 73.8 Å². The van der Waals surface area contributed by atoms with Crippen LogP contribution >= 0.6 is 0 Å². The van der Waals surface area contributed by atoms with Gasteiger partial charge >= 0.3 is 0 Å². The second-order valence-electron chi connectivity index (χ2n) is 3.10. The molecule has 2 unspecified atom stereocenters. The Hall–Kier alpha value is -0.830. The van der Waals surface area contributed by atoms with Gasteiger partial charge in [0.05, 0.1) is 6.33 Å². The van der Waals surface area contributed by atoms with E-state index >= 15 is 0 Å². The number of nitrogens with one attached hydrogen (secondary N) is 1. The van der Waals surface area contributed by atoms with E-state index < -0.39 is 0 Å². The molecule has 0 aliphatic carbocycles. The molecule has 1 aromatic rings. The van der Waals surface area contributed by atoms with E-state index in [9.17, 15) is 0 Å². The number of hydrogen-bond acceptors (Lipinski definition) is 2. The van der Waals surface area contributed by atoms with Gasteiger partial charge in [-0.25, -0.2) is 4.98 Å². The van der Waals surface area contributed by atoms with Crippen LogP contribution in [0.25, 0.3) is 0 Å². The number of likely N-dealkylation sites (N-methyl/N-ethyl adjacent to an activating group) is 1. The van der Waals surface area contributed by atoms with Crippen LogP contribution in [0.5, 0.6) is 0 Å². The van der Waals surface area contributed by atoms with E-state index in [2.05, 4.69) is 35.6 Å². The smallest absolute Gasteiger partial charge is 0.0948 e. The molecular weight excluding hydrogens is 150 g/mol. The largest absolute Gasteiger partial charge is 0.333 e. The summed E-state index contributed by atoms with van der Waals surface area (Å²) in [6.45, 7) is 7.51. The zero-order chi connectivity index (χ0) is 8.97. The molecule has 3 heteroatoms. The van der Waals surface area contributed by atoms with Crippen LogP contribution < -0.4 is 5.32 Å². The summed E-state index contributed by atoms with van der Waals surface area (Å²) < 4.78 is 2.12. The van der Waals surface area contributed by atoms with Crippen molar-refractivity contribution in [3.05, 3.63) is 18.7 Å². The van der Waals surface area contributed by atoms with Crippen LogP contribution in [0, 0.1) is 0 Å². The highest BCUT2D eigenvalue weighted by Gasteiger charge is 2.10. The molecule has 0 fully saturated rings. The average Bonchev–Trinajstić information content (AvgIpc) is 2.55.